The van der Waals surface area contributed by atoms with Crippen LogP contribution in [0.5, 0.6) is 0 Å². The van der Waals surface area contributed by atoms with E-state index in [0.29, 0.717) is 6.42 Å². The average molecular weight is 287 g/mol. The second kappa shape index (κ2) is 14.8. The second-order valence-corrected chi connectivity index (χ2v) is 5.59. The van der Waals surface area contributed by atoms with E-state index in [-0.39, 0.29) is 0 Å². The number of hydrogen-bond donors (Lipinski definition) is 1. The highest BCUT2D eigenvalue weighted by Gasteiger charge is 2.08. The van der Waals surface area contributed by atoms with Crippen LogP contribution in [-0.4, -0.2) is 17.3 Å². The maximum absolute atomic E-state index is 10.5. The molecule has 20 heavy (non-hydrogen) atoms. The van der Waals surface area contributed by atoms with E-state index >= 15 is 0 Å². The van der Waals surface area contributed by atoms with Crippen molar-refractivity contribution in [1.82, 2.24) is 0 Å². The van der Waals surface area contributed by atoms with Gasteiger partial charge in [0.05, 0.1) is 5.97 Å². The third kappa shape index (κ3) is 12.4. The number of carboxylic acid groups (broad SMARTS) is 1. The third-order valence-electron chi connectivity index (χ3n) is 3.71. The van der Waals surface area contributed by atoms with Crippen LogP contribution in [-0.2, 0) is 9.68 Å². The number of hydrogen-bond acceptors (Lipinski definition) is 4. The van der Waals surface area contributed by atoms with E-state index in [1.807, 2.05) is 0 Å². The van der Waals surface area contributed by atoms with Gasteiger partial charge < -0.3 is 9.90 Å². The Bertz CT molecular complexity index is 219. The van der Waals surface area contributed by atoms with Gasteiger partial charge in [-0.3, -0.25) is 5.26 Å². The molecule has 0 unspecified atom stereocenters. The summed E-state index contributed by atoms with van der Waals surface area (Å²) in [5.74, 6) is -1.34. The first-order valence-electron chi connectivity index (χ1n) is 8.23. The molecule has 0 heterocycles. The lowest BCUT2D eigenvalue weighted by atomic mass is 10.0. The van der Waals surface area contributed by atoms with Crippen molar-refractivity contribution in [2.45, 2.75) is 96.5 Å². The molecule has 1 N–H and O–H groups in total. The van der Waals surface area contributed by atoms with Crippen molar-refractivity contribution in [2.75, 3.05) is 0 Å². The van der Waals surface area contributed by atoms with Crippen LogP contribution < -0.4 is 5.11 Å². The smallest absolute Gasteiger partial charge is 0.132 e. The number of carbonyl (C=O) groups is 1. The lowest BCUT2D eigenvalue weighted by Crippen LogP contribution is -2.36. The summed E-state index contributed by atoms with van der Waals surface area (Å²) in [6.45, 7) is 2.24. The van der Waals surface area contributed by atoms with Crippen molar-refractivity contribution in [3.05, 3.63) is 0 Å². The zero-order valence-corrected chi connectivity index (χ0v) is 12.9. The number of aliphatic carboxylic acids is 1. The van der Waals surface area contributed by atoms with Crippen molar-refractivity contribution in [3.8, 4) is 0 Å². The molecule has 0 aliphatic heterocycles. The summed E-state index contributed by atoms with van der Waals surface area (Å²) in [5, 5.41) is 18.8. The summed E-state index contributed by atoms with van der Waals surface area (Å²) in [7, 11) is 0. The topological polar surface area (TPSA) is 69.6 Å². The predicted octanol–water partition coefficient (Wildman–Crippen LogP) is 3.69. The average Bonchev–Trinajstić information content (AvgIpc) is 2.43. The first-order chi connectivity index (χ1) is 9.72. The molecule has 0 aliphatic carbocycles. The largest absolute Gasteiger partial charge is 0.547 e. The molecule has 0 radical (unpaired) electrons. The molecule has 0 aliphatic rings. The Morgan fingerprint density at radius 3 is 1.65 bits per heavy atom. The van der Waals surface area contributed by atoms with Crippen LogP contribution in [0.25, 0.3) is 0 Å². The van der Waals surface area contributed by atoms with Gasteiger partial charge in [0.2, 0.25) is 0 Å². The van der Waals surface area contributed by atoms with Crippen molar-refractivity contribution >= 4 is 5.97 Å². The fraction of sp³-hybridized carbons (Fsp3) is 0.938. The number of rotatable bonds is 15. The van der Waals surface area contributed by atoms with Crippen LogP contribution >= 0.6 is 0 Å². The molecular formula is C16H31O4-. The molecule has 0 saturated carbocycles. The van der Waals surface area contributed by atoms with Crippen LogP contribution in [0.1, 0.15) is 90.4 Å². The molecule has 0 aromatic rings. The summed E-state index contributed by atoms with van der Waals surface area (Å²) in [6, 6.07) is 0. The van der Waals surface area contributed by atoms with Crippen LogP contribution in [0.15, 0.2) is 0 Å². The molecule has 0 fully saturated rings. The fourth-order valence-electron chi connectivity index (χ4n) is 2.38. The Morgan fingerprint density at radius 1 is 0.900 bits per heavy atom. The minimum atomic E-state index is -1.34. The van der Waals surface area contributed by atoms with Crippen molar-refractivity contribution in [1.29, 1.82) is 0 Å². The Balaban J connectivity index is 3.15. The monoisotopic (exact) mass is 287 g/mol. The molecule has 1 atom stereocenters. The first kappa shape index (κ1) is 19.4. The summed E-state index contributed by atoms with van der Waals surface area (Å²) in [5.41, 5.74) is 0. The van der Waals surface area contributed by atoms with E-state index in [9.17, 15) is 9.90 Å². The highest BCUT2D eigenvalue weighted by atomic mass is 17.1. The molecule has 4 nitrogen and oxygen atoms in total. The highest BCUT2D eigenvalue weighted by Crippen LogP contribution is 2.13. The third-order valence-corrected chi connectivity index (χ3v) is 3.71. The van der Waals surface area contributed by atoms with E-state index in [1.165, 1.54) is 57.8 Å². The van der Waals surface area contributed by atoms with E-state index in [2.05, 4.69) is 11.8 Å². The minimum Gasteiger partial charge on any atom is -0.547 e. The molecule has 0 aromatic carbocycles. The Kier molecular flexibility index (Phi) is 14.3. The Morgan fingerprint density at radius 2 is 1.30 bits per heavy atom. The number of carbonyl (C=O) groups excluding carboxylic acids is 1. The summed E-state index contributed by atoms with van der Waals surface area (Å²) in [6.07, 6.45) is 14.0. The summed E-state index contributed by atoms with van der Waals surface area (Å²) >= 11 is 0. The van der Waals surface area contributed by atoms with E-state index in [4.69, 9.17) is 5.26 Å². The Hall–Kier alpha value is -0.610. The van der Waals surface area contributed by atoms with Crippen LogP contribution in [0, 0.1) is 0 Å². The zero-order chi connectivity index (χ0) is 15.1. The van der Waals surface area contributed by atoms with Gasteiger partial charge >= 0.3 is 0 Å². The minimum absolute atomic E-state index is 0.330. The molecule has 0 spiro atoms. The van der Waals surface area contributed by atoms with E-state index in [1.54, 1.807) is 0 Å². The normalized spacial score (nSPS) is 12.5. The molecule has 0 saturated heterocycles. The van der Waals surface area contributed by atoms with Gasteiger partial charge in [-0.1, -0.05) is 84.0 Å². The van der Waals surface area contributed by atoms with E-state index < -0.39 is 12.1 Å². The van der Waals surface area contributed by atoms with Gasteiger partial charge in [-0.25, -0.2) is 4.89 Å². The molecule has 0 aromatic heterocycles. The van der Waals surface area contributed by atoms with Gasteiger partial charge in [0.15, 0.2) is 0 Å². The number of carboxylic acids is 1. The highest BCUT2D eigenvalue weighted by molar-refractivity contribution is 5.69. The van der Waals surface area contributed by atoms with Gasteiger partial charge in [-0.15, -0.1) is 0 Å². The zero-order valence-electron chi connectivity index (χ0n) is 12.9. The molecule has 0 bridgehead atoms. The molecule has 4 heteroatoms. The summed E-state index contributed by atoms with van der Waals surface area (Å²) < 4.78 is 0. The fourth-order valence-corrected chi connectivity index (χ4v) is 2.38. The van der Waals surface area contributed by atoms with Crippen molar-refractivity contribution < 1.29 is 20.0 Å². The van der Waals surface area contributed by atoms with Crippen LogP contribution in [0.3, 0.4) is 0 Å². The molecule has 0 amide bonds. The summed E-state index contributed by atoms with van der Waals surface area (Å²) in [4.78, 5) is 14.3. The predicted molar refractivity (Wildman–Crippen MR) is 78.2 cm³/mol. The van der Waals surface area contributed by atoms with Gasteiger partial charge in [0.1, 0.15) is 6.10 Å². The standard InChI is InChI=1S/C16H32O4/c1-2-3-4-5-6-7-8-9-10-11-12-13-14-15(20-19)16(17)18/h15,19H,2-14H2,1H3,(H,17,18)/p-1/t15-/m1/s1. The van der Waals surface area contributed by atoms with Crippen LogP contribution in [0.2, 0.25) is 0 Å². The maximum atomic E-state index is 10.5. The Labute approximate surface area is 123 Å². The number of unbranched alkanes of at least 4 members (excludes halogenated alkanes) is 11. The quantitative estimate of drug-likeness (QED) is 0.283. The van der Waals surface area contributed by atoms with Gasteiger partial charge in [0.25, 0.3) is 0 Å². The van der Waals surface area contributed by atoms with Gasteiger partial charge in [-0.05, 0) is 6.42 Å². The molecule has 0 rings (SSSR count). The second-order valence-electron chi connectivity index (χ2n) is 5.59. The SMILES string of the molecule is CCCCCCCCCCCCCC[C@@H](OO)C(=O)[O-]. The van der Waals surface area contributed by atoms with Gasteiger partial charge in [0, 0.05) is 0 Å². The van der Waals surface area contributed by atoms with Crippen molar-refractivity contribution in [2.24, 2.45) is 0 Å². The molecular weight excluding hydrogens is 256 g/mol. The molecule has 120 valence electrons. The van der Waals surface area contributed by atoms with Crippen LogP contribution in [0.4, 0.5) is 0 Å². The van der Waals surface area contributed by atoms with Crippen molar-refractivity contribution in [3.63, 3.8) is 0 Å². The lowest BCUT2D eigenvalue weighted by Gasteiger charge is -2.13. The lowest BCUT2D eigenvalue weighted by molar-refractivity contribution is -0.348. The van der Waals surface area contributed by atoms with Gasteiger partial charge in [-0.2, -0.15) is 0 Å². The first-order valence-corrected chi connectivity index (χ1v) is 8.23. The van der Waals surface area contributed by atoms with E-state index in [0.717, 1.165) is 19.3 Å². The maximum Gasteiger partial charge on any atom is 0.132 e.